The second-order valence-corrected chi connectivity index (χ2v) is 8.38. The number of hydrogen-bond donors (Lipinski definition) is 3. The third-order valence-electron chi connectivity index (χ3n) is 4.45. The molecule has 0 unspecified atom stereocenters. The molecule has 8 nitrogen and oxygen atoms in total. The molecule has 1 saturated heterocycles. The number of nitrogens with zero attached hydrogens (tertiary/aromatic N) is 2. The maximum absolute atomic E-state index is 12.1. The summed E-state index contributed by atoms with van der Waals surface area (Å²) in [6, 6.07) is -0.760. The molecule has 2 aliphatic rings. The molecular formula is C14H22N4O4S. The summed E-state index contributed by atoms with van der Waals surface area (Å²) in [4.78, 5) is 12.1. The van der Waals surface area contributed by atoms with Crippen molar-refractivity contribution in [2.75, 3.05) is 18.1 Å². The third kappa shape index (κ3) is 3.66. The Hall–Kier alpha value is -1.61. The zero-order valence-electron chi connectivity index (χ0n) is 12.9. The number of fused-ring (bicyclic) bond motifs is 1. The summed E-state index contributed by atoms with van der Waals surface area (Å²) >= 11 is 0. The summed E-state index contributed by atoms with van der Waals surface area (Å²) in [6.45, 7) is 0.483. The molecule has 2 amide bonds. The minimum Gasteiger partial charge on any atom is -0.394 e. The van der Waals surface area contributed by atoms with E-state index in [1.165, 1.54) is 0 Å². The van der Waals surface area contributed by atoms with Crippen LogP contribution in [0.3, 0.4) is 0 Å². The fourth-order valence-electron chi connectivity index (χ4n) is 3.35. The first-order valence-corrected chi connectivity index (χ1v) is 9.73. The molecule has 3 rings (SSSR count). The maximum Gasteiger partial charge on any atom is 0.315 e. The standard InChI is InChI=1S/C14H22N4O4S/c19-6-5-18-13-3-1-2-12(11(13)8-15-18)17-14(20)16-10-4-7-23(21,22)9-10/h8,10,12,19H,1-7,9H2,(H2,16,17,20)/t10-,12-/m1/s1. The van der Waals surface area contributed by atoms with Crippen LogP contribution in [0.2, 0.25) is 0 Å². The maximum atomic E-state index is 12.1. The van der Waals surface area contributed by atoms with Crippen LogP contribution in [-0.2, 0) is 22.8 Å². The lowest BCUT2D eigenvalue weighted by Crippen LogP contribution is -2.44. The Morgan fingerprint density at radius 1 is 1.39 bits per heavy atom. The van der Waals surface area contributed by atoms with Crippen LogP contribution < -0.4 is 10.6 Å². The van der Waals surface area contributed by atoms with Gasteiger partial charge in [-0.05, 0) is 25.7 Å². The Labute approximate surface area is 135 Å². The van der Waals surface area contributed by atoms with Crippen LogP contribution in [0.4, 0.5) is 4.79 Å². The Balaban J connectivity index is 1.62. The van der Waals surface area contributed by atoms with Gasteiger partial charge >= 0.3 is 6.03 Å². The van der Waals surface area contributed by atoms with Gasteiger partial charge in [-0.1, -0.05) is 0 Å². The molecule has 0 radical (unpaired) electrons. The summed E-state index contributed by atoms with van der Waals surface area (Å²) in [7, 11) is -3.01. The molecule has 0 saturated carbocycles. The van der Waals surface area contributed by atoms with Gasteiger partial charge in [0.1, 0.15) is 0 Å². The Morgan fingerprint density at radius 3 is 2.91 bits per heavy atom. The lowest BCUT2D eigenvalue weighted by atomic mass is 9.93. The topological polar surface area (TPSA) is 113 Å². The van der Waals surface area contributed by atoms with E-state index in [2.05, 4.69) is 15.7 Å². The van der Waals surface area contributed by atoms with Crippen molar-refractivity contribution in [2.24, 2.45) is 0 Å². The first kappa shape index (κ1) is 16.3. The van der Waals surface area contributed by atoms with E-state index in [9.17, 15) is 13.2 Å². The van der Waals surface area contributed by atoms with E-state index in [1.54, 1.807) is 10.9 Å². The van der Waals surface area contributed by atoms with Crippen LogP contribution in [0.5, 0.6) is 0 Å². The minimum absolute atomic E-state index is 0.0186. The van der Waals surface area contributed by atoms with Crippen molar-refractivity contribution in [1.29, 1.82) is 0 Å². The summed E-state index contributed by atoms with van der Waals surface area (Å²) < 4.78 is 24.7. The molecule has 0 aromatic carbocycles. The van der Waals surface area contributed by atoms with E-state index in [-0.39, 0.29) is 36.2 Å². The van der Waals surface area contributed by atoms with Crippen LogP contribution >= 0.6 is 0 Å². The van der Waals surface area contributed by atoms with Crippen LogP contribution in [0.25, 0.3) is 0 Å². The predicted octanol–water partition coefficient (Wildman–Crippen LogP) is -0.261. The van der Waals surface area contributed by atoms with E-state index in [0.717, 1.165) is 30.5 Å². The van der Waals surface area contributed by atoms with Crippen LogP contribution in [-0.4, -0.2) is 53.5 Å². The summed E-state index contributed by atoms with van der Waals surface area (Å²) in [6.07, 6.45) is 4.87. The molecule has 2 heterocycles. The fraction of sp³-hybridized carbons (Fsp3) is 0.714. The van der Waals surface area contributed by atoms with Crippen molar-refractivity contribution in [2.45, 2.75) is 44.3 Å². The number of rotatable bonds is 4. The molecule has 1 aliphatic heterocycles. The Bertz CT molecular complexity index is 685. The van der Waals surface area contributed by atoms with Gasteiger partial charge in [0.25, 0.3) is 0 Å². The Kier molecular flexibility index (Phi) is 4.58. The highest BCUT2D eigenvalue weighted by molar-refractivity contribution is 7.91. The van der Waals surface area contributed by atoms with Crippen molar-refractivity contribution < 1.29 is 18.3 Å². The number of aromatic nitrogens is 2. The second kappa shape index (κ2) is 6.48. The molecule has 1 fully saturated rings. The summed E-state index contributed by atoms with van der Waals surface area (Å²) in [5.74, 6) is 0.157. The molecule has 3 N–H and O–H groups in total. The lowest BCUT2D eigenvalue weighted by Gasteiger charge is -2.25. The quantitative estimate of drug-likeness (QED) is 0.698. The highest BCUT2D eigenvalue weighted by Crippen LogP contribution is 2.29. The third-order valence-corrected chi connectivity index (χ3v) is 6.22. The number of sulfone groups is 1. The lowest BCUT2D eigenvalue weighted by molar-refractivity contribution is 0.232. The number of carbonyl (C=O) groups excluding carboxylic acids is 1. The van der Waals surface area contributed by atoms with Gasteiger partial charge in [0.15, 0.2) is 9.84 Å². The first-order valence-electron chi connectivity index (χ1n) is 7.91. The molecule has 2 atom stereocenters. The molecule has 1 aromatic rings. The van der Waals surface area contributed by atoms with Gasteiger partial charge in [0, 0.05) is 17.3 Å². The zero-order valence-corrected chi connectivity index (χ0v) is 13.7. The van der Waals surface area contributed by atoms with Gasteiger partial charge in [0.05, 0.1) is 36.9 Å². The predicted molar refractivity (Wildman–Crippen MR) is 83.7 cm³/mol. The molecule has 0 spiro atoms. The van der Waals surface area contributed by atoms with Crippen molar-refractivity contribution in [1.82, 2.24) is 20.4 Å². The monoisotopic (exact) mass is 342 g/mol. The van der Waals surface area contributed by atoms with Crippen molar-refractivity contribution in [3.63, 3.8) is 0 Å². The molecule has 1 aliphatic carbocycles. The number of aliphatic hydroxyl groups excluding tert-OH is 1. The van der Waals surface area contributed by atoms with E-state index in [1.807, 2.05) is 0 Å². The van der Waals surface area contributed by atoms with Gasteiger partial charge in [-0.25, -0.2) is 13.2 Å². The highest BCUT2D eigenvalue weighted by Gasteiger charge is 2.30. The van der Waals surface area contributed by atoms with E-state index in [4.69, 9.17) is 5.11 Å². The number of nitrogens with one attached hydrogen (secondary N) is 2. The Morgan fingerprint density at radius 2 is 2.22 bits per heavy atom. The van der Waals surface area contributed by atoms with Crippen LogP contribution in [0.1, 0.15) is 36.6 Å². The van der Waals surface area contributed by atoms with Crippen molar-refractivity contribution in [3.8, 4) is 0 Å². The summed E-state index contributed by atoms with van der Waals surface area (Å²) in [5, 5.41) is 19.0. The first-order chi connectivity index (χ1) is 11.0. The van der Waals surface area contributed by atoms with Gasteiger partial charge < -0.3 is 15.7 Å². The molecular weight excluding hydrogens is 320 g/mol. The van der Waals surface area contributed by atoms with Crippen LogP contribution in [0, 0.1) is 0 Å². The SMILES string of the molecule is O=C(N[C@@H]1CCS(=O)(=O)C1)N[C@@H]1CCCc2c1cnn2CCO. The van der Waals surface area contributed by atoms with Crippen LogP contribution in [0.15, 0.2) is 6.20 Å². The van der Waals surface area contributed by atoms with Crippen molar-refractivity contribution in [3.05, 3.63) is 17.5 Å². The molecule has 1 aromatic heterocycles. The van der Waals surface area contributed by atoms with Crippen molar-refractivity contribution >= 4 is 15.9 Å². The van der Waals surface area contributed by atoms with E-state index >= 15 is 0 Å². The number of hydrogen-bond acceptors (Lipinski definition) is 5. The number of carbonyl (C=O) groups is 1. The summed E-state index contributed by atoms with van der Waals surface area (Å²) in [5.41, 5.74) is 2.04. The number of urea groups is 1. The normalized spacial score (nSPS) is 25.8. The van der Waals surface area contributed by atoms with Gasteiger partial charge in [0.2, 0.25) is 0 Å². The van der Waals surface area contributed by atoms with Gasteiger partial charge in [-0.2, -0.15) is 5.10 Å². The molecule has 9 heteroatoms. The van der Waals surface area contributed by atoms with E-state index in [0.29, 0.717) is 13.0 Å². The minimum atomic E-state index is -3.01. The molecule has 23 heavy (non-hydrogen) atoms. The van der Waals surface area contributed by atoms with Gasteiger partial charge in [-0.3, -0.25) is 4.68 Å². The average molecular weight is 342 g/mol. The number of amides is 2. The fourth-order valence-corrected chi connectivity index (χ4v) is 5.02. The van der Waals surface area contributed by atoms with Gasteiger partial charge in [-0.15, -0.1) is 0 Å². The zero-order chi connectivity index (χ0) is 16.4. The van der Waals surface area contributed by atoms with E-state index < -0.39 is 9.84 Å². The number of aliphatic hydroxyl groups is 1. The molecule has 128 valence electrons. The molecule has 0 bridgehead atoms. The second-order valence-electron chi connectivity index (χ2n) is 6.16. The smallest absolute Gasteiger partial charge is 0.315 e. The average Bonchev–Trinajstić information content (AvgIpc) is 3.04. The highest BCUT2D eigenvalue weighted by atomic mass is 32.2. The largest absolute Gasteiger partial charge is 0.394 e.